The molecule has 0 saturated heterocycles. The van der Waals surface area contributed by atoms with Gasteiger partial charge in [-0.2, -0.15) is 0 Å². The van der Waals surface area contributed by atoms with E-state index in [-0.39, 0.29) is 6.04 Å². The molecule has 0 spiro atoms. The molecule has 1 aliphatic carbocycles. The highest BCUT2D eigenvalue weighted by molar-refractivity contribution is 6.32. The number of fused-ring (bicyclic) bond motifs is 8. The lowest BCUT2D eigenvalue weighted by molar-refractivity contribution is 0.769. The summed E-state index contributed by atoms with van der Waals surface area (Å²) in [7, 11) is 0. The molecule has 8 aromatic carbocycles. The van der Waals surface area contributed by atoms with E-state index in [1.165, 1.54) is 82.2 Å². The maximum absolute atomic E-state index is 5.64. The van der Waals surface area contributed by atoms with Crippen LogP contribution in [0.25, 0.3) is 99.7 Å². The van der Waals surface area contributed by atoms with Gasteiger partial charge in [-0.05, 0) is 75.2 Å². The Labute approximate surface area is 334 Å². The molecule has 0 bridgehead atoms. The van der Waals surface area contributed by atoms with Crippen molar-refractivity contribution in [1.29, 1.82) is 0 Å². The summed E-state index contributed by atoms with van der Waals surface area (Å²) < 4.78 is 4.99. The van der Waals surface area contributed by atoms with Crippen LogP contribution in [0.4, 0.5) is 0 Å². The maximum Gasteiger partial charge on any atom is 0.138 e. The molecule has 4 nitrogen and oxygen atoms in total. The topological polar surface area (TPSA) is 33.7 Å². The second-order valence-corrected chi connectivity index (χ2v) is 15.5. The van der Waals surface area contributed by atoms with Gasteiger partial charge in [0.2, 0.25) is 0 Å². The van der Waals surface area contributed by atoms with Gasteiger partial charge in [0.05, 0.1) is 39.3 Å². The summed E-state index contributed by atoms with van der Waals surface area (Å²) in [5.41, 5.74) is 16.1. The van der Waals surface area contributed by atoms with Crippen molar-refractivity contribution in [2.75, 3.05) is 0 Å². The van der Waals surface area contributed by atoms with Gasteiger partial charge in [0.25, 0.3) is 0 Å². The molecule has 0 saturated carbocycles. The Morgan fingerprint density at radius 1 is 0.448 bits per heavy atom. The van der Waals surface area contributed by atoms with Crippen LogP contribution >= 0.6 is 0 Å². The fraction of sp³-hybridized carbons (Fsp3) is 0.0185. The number of aliphatic imine (C=N–C) groups is 1. The van der Waals surface area contributed by atoms with Crippen molar-refractivity contribution in [3.05, 3.63) is 205 Å². The van der Waals surface area contributed by atoms with Crippen molar-refractivity contribution >= 4 is 83.2 Å². The Hall–Kier alpha value is -7.69. The minimum Gasteiger partial charge on any atom is -0.357 e. The van der Waals surface area contributed by atoms with Gasteiger partial charge in [-0.1, -0.05) is 158 Å². The number of para-hydroxylation sites is 2. The molecule has 1 N–H and O–H groups in total. The van der Waals surface area contributed by atoms with Crippen molar-refractivity contribution < 1.29 is 0 Å². The summed E-state index contributed by atoms with van der Waals surface area (Å²) in [4.78, 5) is 5.64. The zero-order valence-corrected chi connectivity index (χ0v) is 31.4. The Morgan fingerprint density at radius 3 is 1.90 bits per heavy atom. The monoisotopic (exact) mass is 738 g/mol. The summed E-state index contributed by atoms with van der Waals surface area (Å²) in [6, 6.07) is 66.0. The summed E-state index contributed by atoms with van der Waals surface area (Å²) in [6.45, 7) is 0. The zero-order chi connectivity index (χ0) is 37.9. The number of nitrogens with one attached hydrogen (secondary N) is 1. The third-order valence-corrected chi connectivity index (χ3v) is 12.5. The molecule has 58 heavy (non-hydrogen) atoms. The van der Waals surface area contributed by atoms with Crippen molar-refractivity contribution in [1.82, 2.24) is 14.3 Å². The zero-order valence-electron chi connectivity index (χ0n) is 31.4. The summed E-state index contributed by atoms with van der Waals surface area (Å²) >= 11 is 0. The average Bonchev–Trinajstić information content (AvgIpc) is 3.77. The van der Waals surface area contributed by atoms with Crippen molar-refractivity contribution in [3.8, 4) is 22.3 Å². The van der Waals surface area contributed by atoms with Crippen LogP contribution < -0.4 is 5.32 Å². The van der Waals surface area contributed by atoms with Crippen LogP contribution in [0.1, 0.15) is 22.7 Å². The molecule has 0 radical (unpaired) electrons. The molecule has 4 heterocycles. The first kappa shape index (κ1) is 31.5. The Kier molecular flexibility index (Phi) is 6.47. The molecule has 0 amide bonds. The maximum atomic E-state index is 5.64. The molecule has 1 aliphatic heterocycles. The van der Waals surface area contributed by atoms with Crippen LogP contribution in [0.5, 0.6) is 0 Å². The SMILES string of the molecule is C1=Cc2cccc(-c3ccccc3)c2C2NC(n3c4cc(-c5ccccc5)cc5c6cccc7c8ccccc8n(c8cccc3c8c54)c67)=C(c3ccccc3)N=C12. The number of rotatable bonds is 4. The first-order chi connectivity index (χ1) is 28.8. The van der Waals surface area contributed by atoms with Crippen LogP contribution in [0, 0.1) is 0 Å². The van der Waals surface area contributed by atoms with Crippen molar-refractivity contribution in [2.24, 2.45) is 4.99 Å². The summed E-state index contributed by atoms with van der Waals surface area (Å²) in [5, 5.41) is 11.7. The van der Waals surface area contributed by atoms with Gasteiger partial charge in [0.1, 0.15) is 11.5 Å². The number of nitrogens with zero attached hydrogens (tertiary/aromatic N) is 3. The molecule has 4 heteroatoms. The molecule has 2 aliphatic rings. The van der Waals surface area contributed by atoms with Crippen LogP contribution in [0.3, 0.4) is 0 Å². The van der Waals surface area contributed by atoms with Gasteiger partial charge in [-0.15, -0.1) is 0 Å². The lowest BCUT2D eigenvalue weighted by Crippen LogP contribution is -2.34. The minimum atomic E-state index is -0.173. The lowest BCUT2D eigenvalue weighted by Gasteiger charge is -2.34. The molecule has 11 aromatic rings. The smallest absolute Gasteiger partial charge is 0.138 e. The highest BCUT2D eigenvalue weighted by Crippen LogP contribution is 2.48. The molecule has 1 atom stereocenters. The summed E-state index contributed by atoms with van der Waals surface area (Å²) in [5.74, 6) is 0.966. The predicted molar refractivity (Wildman–Crippen MR) is 243 cm³/mol. The van der Waals surface area contributed by atoms with Crippen LogP contribution in [-0.2, 0) is 0 Å². The Balaban J connectivity index is 1.20. The Bertz CT molecular complexity index is 3570. The van der Waals surface area contributed by atoms with E-state index >= 15 is 0 Å². The van der Waals surface area contributed by atoms with Crippen LogP contribution in [0.2, 0.25) is 0 Å². The second kappa shape index (κ2) is 11.9. The fourth-order valence-electron chi connectivity index (χ4n) is 10.0. The molecule has 270 valence electrons. The van der Waals surface area contributed by atoms with E-state index in [9.17, 15) is 0 Å². The standard InChI is InChI=1S/C54H34N4/c1-4-15-33(16-5-1)37-31-42-41-25-13-24-40-39-22-10-11-26-44(39)57(53(40)41)45-27-14-28-46-50(45)49(42)47(32-37)58(46)54-51(36-19-8-3-9-20-36)55-43-30-29-35-21-12-23-38(48(35)52(43)56-54)34-17-6-2-7-18-34/h1-32,52,56H. The number of hydrogen-bond acceptors (Lipinski definition) is 2. The van der Waals surface area contributed by atoms with Crippen LogP contribution in [-0.4, -0.2) is 14.7 Å². The van der Waals surface area contributed by atoms with Gasteiger partial charge in [0.15, 0.2) is 0 Å². The lowest BCUT2D eigenvalue weighted by atomic mass is 9.84. The van der Waals surface area contributed by atoms with Crippen molar-refractivity contribution in [2.45, 2.75) is 6.04 Å². The van der Waals surface area contributed by atoms with E-state index in [2.05, 4.69) is 208 Å². The van der Waals surface area contributed by atoms with Gasteiger partial charge >= 0.3 is 0 Å². The van der Waals surface area contributed by atoms with Gasteiger partial charge < -0.3 is 9.72 Å². The molecule has 0 fully saturated rings. The normalized spacial score (nSPS) is 15.2. The van der Waals surface area contributed by atoms with E-state index in [0.29, 0.717) is 0 Å². The average molecular weight is 739 g/mol. The first-order valence-electron chi connectivity index (χ1n) is 20.0. The quantitative estimate of drug-likeness (QED) is 0.192. The van der Waals surface area contributed by atoms with E-state index in [1.54, 1.807) is 0 Å². The van der Waals surface area contributed by atoms with Gasteiger partial charge in [0, 0.05) is 32.5 Å². The summed E-state index contributed by atoms with van der Waals surface area (Å²) in [6.07, 6.45) is 4.42. The van der Waals surface area contributed by atoms with E-state index in [0.717, 1.165) is 33.8 Å². The second-order valence-electron chi connectivity index (χ2n) is 15.5. The van der Waals surface area contributed by atoms with Crippen molar-refractivity contribution in [3.63, 3.8) is 0 Å². The Morgan fingerprint density at radius 2 is 1.09 bits per heavy atom. The predicted octanol–water partition coefficient (Wildman–Crippen LogP) is 13.4. The van der Waals surface area contributed by atoms with E-state index in [1.807, 2.05) is 0 Å². The molecular weight excluding hydrogens is 705 g/mol. The van der Waals surface area contributed by atoms with Gasteiger partial charge in [-0.25, -0.2) is 4.99 Å². The van der Waals surface area contributed by atoms with Gasteiger partial charge in [-0.3, -0.25) is 4.57 Å². The largest absolute Gasteiger partial charge is 0.357 e. The van der Waals surface area contributed by atoms with E-state index in [4.69, 9.17) is 4.99 Å². The van der Waals surface area contributed by atoms with Crippen LogP contribution in [0.15, 0.2) is 193 Å². The third-order valence-electron chi connectivity index (χ3n) is 12.5. The molecule has 1 unspecified atom stereocenters. The third kappa shape index (κ3) is 4.31. The highest BCUT2D eigenvalue weighted by atomic mass is 15.2. The minimum absolute atomic E-state index is 0.173. The highest BCUT2D eigenvalue weighted by Gasteiger charge is 2.33. The number of aromatic nitrogens is 2. The first-order valence-corrected chi connectivity index (χ1v) is 20.0. The van der Waals surface area contributed by atoms with E-state index < -0.39 is 0 Å². The number of hydrogen-bond donors (Lipinski definition) is 1. The molecular formula is C54H34N4. The molecule has 3 aromatic heterocycles. The molecule has 13 rings (SSSR count). The fourth-order valence-corrected chi connectivity index (χ4v) is 10.0. The number of benzene rings is 8.